The van der Waals surface area contributed by atoms with Crippen LogP contribution in [0.25, 0.3) is 0 Å². The number of carbonyl (C=O) groups excluding carboxylic acids is 1. The van der Waals surface area contributed by atoms with Gasteiger partial charge in [-0.3, -0.25) is 0 Å². The molecule has 0 radical (unpaired) electrons. The van der Waals surface area contributed by atoms with Crippen molar-refractivity contribution in [3.8, 4) is 0 Å². The first-order valence-electron chi connectivity index (χ1n) is 9.13. The predicted octanol–water partition coefficient (Wildman–Crippen LogP) is 3.19. The molecule has 1 aromatic rings. The summed E-state index contributed by atoms with van der Waals surface area (Å²) in [5.74, 6) is 1.29. The number of nitrogens with one attached hydrogen (secondary N) is 3. The Balaban J connectivity index is 0.00000338. The summed E-state index contributed by atoms with van der Waals surface area (Å²) in [5.41, 5.74) is 2.42. The van der Waals surface area contributed by atoms with Gasteiger partial charge in [-0.2, -0.15) is 0 Å². The highest BCUT2D eigenvalue weighted by Crippen LogP contribution is 2.32. The van der Waals surface area contributed by atoms with Crippen LogP contribution in [0.4, 0.5) is 4.79 Å². The minimum atomic E-state index is -0.345. The number of hydrogen-bond donors (Lipinski definition) is 3. The van der Waals surface area contributed by atoms with Crippen molar-refractivity contribution in [3.63, 3.8) is 0 Å². The molecule has 0 aromatic heterocycles. The minimum Gasteiger partial charge on any atom is -0.450 e. The van der Waals surface area contributed by atoms with Crippen molar-refractivity contribution in [3.05, 3.63) is 35.4 Å². The van der Waals surface area contributed by atoms with Crippen LogP contribution in [-0.2, 0) is 11.3 Å². The third kappa shape index (κ3) is 8.25. The van der Waals surface area contributed by atoms with Crippen molar-refractivity contribution >= 4 is 36.0 Å². The number of nitrogens with zero attached hydrogens (tertiary/aromatic N) is 1. The van der Waals surface area contributed by atoms with Crippen LogP contribution in [0.2, 0.25) is 0 Å². The van der Waals surface area contributed by atoms with Gasteiger partial charge in [-0.1, -0.05) is 29.8 Å². The predicted molar refractivity (Wildman–Crippen MR) is 116 cm³/mol. The van der Waals surface area contributed by atoms with Crippen LogP contribution in [-0.4, -0.2) is 37.8 Å². The van der Waals surface area contributed by atoms with Gasteiger partial charge in [0.2, 0.25) is 0 Å². The first-order valence-corrected chi connectivity index (χ1v) is 9.13. The van der Waals surface area contributed by atoms with Crippen molar-refractivity contribution in [1.29, 1.82) is 0 Å². The van der Waals surface area contributed by atoms with Crippen LogP contribution in [0.3, 0.4) is 0 Å². The maximum Gasteiger partial charge on any atom is 0.407 e. The van der Waals surface area contributed by atoms with Crippen LogP contribution in [0.5, 0.6) is 0 Å². The number of carbonyl (C=O) groups is 1. The third-order valence-corrected chi connectivity index (χ3v) is 4.11. The maximum absolute atomic E-state index is 11.7. The Morgan fingerprint density at radius 1 is 1.31 bits per heavy atom. The second-order valence-electron chi connectivity index (χ2n) is 6.37. The molecule has 0 aliphatic heterocycles. The lowest BCUT2D eigenvalue weighted by molar-refractivity contribution is 0.146. The fraction of sp³-hybridized carbons (Fsp3) is 0.579. The monoisotopic (exact) mass is 474 g/mol. The van der Waals surface area contributed by atoms with Gasteiger partial charge in [0.15, 0.2) is 5.96 Å². The van der Waals surface area contributed by atoms with Crippen molar-refractivity contribution in [2.24, 2.45) is 10.9 Å². The molecule has 1 saturated carbocycles. The Morgan fingerprint density at radius 3 is 2.69 bits per heavy atom. The standard InChI is InChI=1S/C19H30N4O2.HI/c1-4-20-18(21-12-15-8-6-7-14(3)11-15)22-13-17(16-9-10-16)23-19(24)25-5-2;/h6-8,11,16-17H,4-5,9-10,12-13H2,1-3H3,(H,23,24)(H2,20,21,22);1H. The molecule has 0 saturated heterocycles. The van der Waals surface area contributed by atoms with Crippen molar-refractivity contribution in [2.75, 3.05) is 19.7 Å². The number of rotatable bonds is 8. The number of alkyl carbamates (subject to hydrolysis) is 1. The Labute approximate surface area is 173 Å². The fourth-order valence-electron chi connectivity index (χ4n) is 2.69. The molecule has 1 fully saturated rings. The zero-order valence-corrected chi connectivity index (χ0v) is 18.2. The van der Waals surface area contributed by atoms with Gasteiger partial charge in [0.25, 0.3) is 0 Å². The van der Waals surface area contributed by atoms with E-state index in [2.05, 4.69) is 46.1 Å². The summed E-state index contributed by atoms with van der Waals surface area (Å²) in [5, 5.41) is 9.55. The number of amides is 1. The lowest BCUT2D eigenvalue weighted by atomic mass is 10.1. The topological polar surface area (TPSA) is 74.8 Å². The lowest BCUT2D eigenvalue weighted by Gasteiger charge is -2.20. The van der Waals surface area contributed by atoms with E-state index < -0.39 is 0 Å². The van der Waals surface area contributed by atoms with E-state index in [1.54, 1.807) is 0 Å². The highest BCUT2D eigenvalue weighted by molar-refractivity contribution is 14.0. The molecule has 1 unspecified atom stereocenters. The summed E-state index contributed by atoms with van der Waals surface area (Å²) in [6.07, 6.45) is 1.95. The molecule has 2 rings (SSSR count). The second-order valence-corrected chi connectivity index (χ2v) is 6.37. The summed E-state index contributed by atoms with van der Waals surface area (Å²) in [6.45, 7) is 8.37. The molecular formula is C19H31IN4O2. The van der Waals surface area contributed by atoms with E-state index in [9.17, 15) is 4.79 Å². The van der Waals surface area contributed by atoms with Crippen LogP contribution in [0, 0.1) is 12.8 Å². The van der Waals surface area contributed by atoms with Gasteiger partial charge < -0.3 is 20.7 Å². The first-order chi connectivity index (χ1) is 12.1. The third-order valence-electron chi connectivity index (χ3n) is 4.11. The number of halogens is 1. The van der Waals surface area contributed by atoms with E-state index in [4.69, 9.17) is 4.74 Å². The smallest absolute Gasteiger partial charge is 0.407 e. The molecule has 0 bridgehead atoms. The molecule has 1 atom stereocenters. The van der Waals surface area contributed by atoms with Crippen molar-refractivity contribution in [1.82, 2.24) is 16.0 Å². The van der Waals surface area contributed by atoms with Gasteiger partial charge in [0.05, 0.1) is 19.2 Å². The maximum atomic E-state index is 11.7. The van der Waals surface area contributed by atoms with E-state index in [1.807, 2.05) is 19.9 Å². The molecule has 1 aliphatic rings. The molecule has 146 valence electrons. The molecular weight excluding hydrogens is 443 g/mol. The largest absolute Gasteiger partial charge is 0.450 e. The van der Waals surface area contributed by atoms with Gasteiger partial charge in [-0.15, -0.1) is 24.0 Å². The molecule has 6 nitrogen and oxygen atoms in total. The van der Waals surface area contributed by atoms with Gasteiger partial charge in [-0.25, -0.2) is 9.79 Å². The number of aryl methyl sites for hydroxylation is 1. The molecule has 7 heteroatoms. The van der Waals surface area contributed by atoms with Gasteiger partial charge in [-0.05, 0) is 45.1 Å². The summed E-state index contributed by atoms with van der Waals surface area (Å²) in [6, 6.07) is 8.42. The molecule has 1 aliphatic carbocycles. The van der Waals surface area contributed by atoms with E-state index in [0.717, 1.165) is 25.3 Å². The quantitative estimate of drug-likeness (QED) is 0.308. The Kier molecular flexibility index (Phi) is 10.4. The van der Waals surface area contributed by atoms with Gasteiger partial charge in [0.1, 0.15) is 0 Å². The SMILES string of the molecule is CCNC(=NCc1cccc(C)c1)NCC(NC(=O)OCC)C1CC1.I. The molecule has 3 N–H and O–H groups in total. The normalized spacial score (nSPS) is 14.8. The number of hydrogen-bond acceptors (Lipinski definition) is 3. The lowest BCUT2D eigenvalue weighted by Crippen LogP contribution is -2.48. The Hall–Kier alpha value is -1.51. The van der Waals surface area contributed by atoms with Crippen LogP contribution < -0.4 is 16.0 Å². The second kappa shape index (κ2) is 12.0. The molecule has 0 spiro atoms. The summed E-state index contributed by atoms with van der Waals surface area (Å²) >= 11 is 0. The summed E-state index contributed by atoms with van der Waals surface area (Å²) in [7, 11) is 0. The van der Waals surface area contributed by atoms with Crippen LogP contribution in [0.1, 0.15) is 37.8 Å². The summed E-state index contributed by atoms with van der Waals surface area (Å²) in [4.78, 5) is 16.3. The van der Waals surface area contributed by atoms with E-state index >= 15 is 0 Å². The van der Waals surface area contributed by atoms with Crippen molar-refractivity contribution < 1.29 is 9.53 Å². The minimum absolute atomic E-state index is 0. The van der Waals surface area contributed by atoms with Gasteiger partial charge in [0, 0.05) is 13.1 Å². The fourth-order valence-corrected chi connectivity index (χ4v) is 2.69. The van der Waals surface area contributed by atoms with Crippen molar-refractivity contribution in [2.45, 2.75) is 46.2 Å². The van der Waals surface area contributed by atoms with E-state index in [0.29, 0.717) is 25.6 Å². The first kappa shape index (κ1) is 22.5. The highest BCUT2D eigenvalue weighted by atomic mass is 127. The van der Waals surface area contributed by atoms with Crippen LogP contribution >= 0.6 is 24.0 Å². The average molecular weight is 474 g/mol. The molecule has 0 heterocycles. The molecule has 1 amide bonds. The number of guanidine groups is 1. The van der Waals surface area contributed by atoms with E-state index in [-0.39, 0.29) is 36.1 Å². The Morgan fingerprint density at radius 2 is 2.08 bits per heavy atom. The average Bonchev–Trinajstić information content (AvgIpc) is 3.41. The zero-order chi connectivity index (χ0) is 18.1. The Bertz CT molecular complexity index is 591. The number of benzene rings is 1. The van der Waals surface area contributed by atoms with E-state index in [1.165, 1.54) is 11.1 Å². The van der Waals surface area contributed by atoms with Crippen LogP contribution in [0.15, 0.2) is 29.3 Å². The summed E-state index contributed by atoms with van der Waals surface area (Å²) < 4.78 is 5.00. The highest BCUT2D eigenvalue weighted by Gasteiger charge is 2.32. The number of aliphatic imine (C=N–C) groups is 1. The number of ether oxygens (including phenoxy) is 1. The zero-order valence-electron chi connectivity index (χ0n) is 15.9. The van der Waals surface area contributed by atoms with Gasteiger partial charge >= 0.3 is 6.09 Å². The molecule has 26 heavy (non-hydrogen) atoms. The molecule has 1 aromatic carbocycles.